The van der Waals surface area contributed by atoms with E-state index in [2.05, 4.69) is 21.3 Å². The lowest BCUT2D eigenvalue weighted by Gasteiger charge is -2.65. The number of phenols is 1. The normalized spacial score (nSPS) is 25.2. The summed E-state index contributed by atoms with van der Waals surface area (Å²) in [5, 5.41) is 47.7. The molecule has 1 aromatic carbocycles. The molecule has 0 unspecified atom stereocenters. The fourth-order valence-corrected chi connectivity index (χ4v) is 6.72. The van der Waals surface area contributed by atoms with Gasteiger partial charge in [0.05, 0.1) is 5.60 Å². The molecule has 1 heterocycles. The highest BCUT2D eigenvalue weighted by Gasteiger charge is 2.64. The molecule has 4 aliphatic rings. The molecule has 1 saturated heterocycles. The van der Waals surface area contributed by atoms with Crippen LogP contribution in [-0.4, -0.2) is 117 Å². The van der Waals surface area contributed by atoms with Gasteiger partial charge in [-0.2, -0.15) is 39.5 Å². The Hall–Kier alpha value is -4.05. The molecule has 5 rings (SSSR count). The number of fused-ring (bicyclic) bond motifs is 1. The van der Waals surface area contributed by atoms with Gasteiger partial charge < -0.3 is 42.3 Å². The summed E-state index contributed by atoms with van der Waals surface area (Å²) >= 11 is 0. The second kappa shape index (κ2) is 17.2. The second-order valence-corrected chi connectivity index (χ2v) is 12.7. The fraction of sp³-hybridized carbons (Fsp3) is 0.667. The number of guanidine groups is 1. The van der Waals surface area contributed by atoms with Crippen LogP contribution in [0.5, 0.6) is 5.75 Å². The summed E-state index contributed by atoms with van der Waals surface area (Å²) in [6.45, 7) is 3.66. The predicted molar refractivity (Wildman–Crippen MR) is 163 cm³/mol. The van der Waals surface area contributed by atoms with Crippen LogP contribution in [0.25, 0.3) is 0 Å². The zero-order chi connectivity index (χ0) is 39.9. The average molecular weight is 770 g/mol. The molecule has 3 fully saturated rings. The van der Waals surface area contributed by atoms with Crippen LogP contribution < -0.4 is 16.8 Å². The summed E-state index contributed by atoms with van der Waals surface area (Å²) < 4.78 is 95.2. The summed E-state index contributed by atoms with van der Waals surface area (Å²) in [7, 11) is 0. The zero-order valence-corrected chi connectivity index (χ0v) is 27.4. The maximum atomic E-state index is 12.3. The highest BCUT2D eigenvalue weighted by molar-refractivity contribution is 5.75. The Kier molecular flexibility index (Phi) is 14.6. The van der Waals surface area contributed by atoms with E-state index < -0.39 is 42.0 Å². The van der Waals surface area contributed by atoms with Gasteiger partial charge in [0.25, 0.3) is 0 Å². The summed E-state index contributed by atoms with van der Waals surface area (Å²) in [4.78, 5) is 33.3. The van der Waals surface area contributed by atoms with E-state index in [0.717, 1.165) is 64.1 Å². The number of aliphatic imine (C=N–C) groups is 1. The summed E-state index contributed by atoms with van der Waals surface area (Å²) in [5.74, 6) is -7.00. The first-order chi connectivity index (χ1) is 23.7. The molecule has 296 valence electrons. The van der Waals surface area contributed by atoms with Crippen molar-refractivity contribution in [2.24, 2.45) is 22.4 Å². The van der Waals surface area contributed by atoms with E-state index in [1.54, 1.807) is 0 Å². The summed E-state index contributed by atoms with van der Waals surface area (Å²) in [5.41, 5.74) is 12.3. The Morgan fingerprint density at radius 3 is 1.87 bits per heavy atom. The molecule has 1 aromatic rings. The van der Waals surface area contributed by atoms with Crippen LogP contribution in [0.3, 0.4) is 0 Å². The number of hydrogen-bond acceptors (Lipinski definition) is 8. The van der Waals surface area contributed by atoms with E-state index in [1.807, 2.05) is 12.1 Å². The van der Waals surface area contributed by atoms with Crippen molar-refractivity contribution in [3.05, 3.63) is 29.3 Å². The maximum absolute atomic E-state index is 12.3. The third kappa shape index (κ3) is 12.0. The maximum Gasteiger partial charge on any atom is 0.490 e. The van der Waals surface area contributed by atoms with E-state index in [-0.39, 0.29) is 17.4 Å². The molecule has 0 spiro atoms. The molecule has 2 saturated carbocycles. The Bertz CT molecular complexity index is 1380. The number of nitrogens with zero attached hydrogens (tertiary/aromatic N) is 2. The van der Waals surface area contributed by atoms with Crippen LogP contribution in [-0.2, 0) is 26.2 Å². The van der Waals surface area contributed by atoms with E-state index in [1.165, 1.54) is 24.0 Å². The molecular weight excluding hydrogens is 729 g/mol. The number of rotatable bonds is 7. The quantitative estimate of drug-likeness (QED) is 0.0866. The number of piperidine rings is 1. The molecule has 52 heavy (non-hydrogen) atoms. The zero-order valence-electron chi connectivity index (χ0n) is 27.4. The molecule has 22 heteroatoms. The van der Waals surface area contributed by atoms with Gasteiger partial charge in [0.15, 0.2) is 5.96 Å². The van der Waals surface area contributed by atoms with Gasteiger partial charge in [-0.05, 0) is 93.6 Å². The number of halogens is 9. The number of carboxylic acid groups (broad SMARTS) is 3. The van der Waals surface area contributed by atoms with Crippen molar-refractivity contribution in [3.63, 3.8) is 0 Å². The number of aliphatic carboxylic acids is 3. The SMILES string of the molecule is NC(N)=NCCCN[C@@H]1CC[C@@]2(O)[C@H]3Cc4ccc(O)cc4[C@@]2(CCN3CC2CC2)C1.O=C(O)C(F)(F)F.O=C(O)C(F)(F)F.O=C(O)C(F)(F)F. The van der Waals surface area contributed by atoms with E-state index in [4.69, 9.17) is 41.2 Å². The molecule has 1 aliphatic heterocycles. The van der Waals surface area contributed by atoms with Gasteiger partial charge in [0.1, 0.15) is 5.75 Å². The molecule has 13 nitrogen and oxygen atoms in total. The van der Waals surface area contributed by atoms with Crippen LogP contribution in [0, 0.1) is 5.92 Å². The average Bonchev–Trinajstić information content (AvgIpc) is 3.82. The van der Waals surface area contributed by atoms with Gasteiger partial charge in [0.2, 0.25) is 0 Å². The van der Waals surface area contributed by atoms with E-state index >= 15 is 0 Å². The molecule has 4 atom stereocenters. The minimum Gasteiger partial charge on any atom is -0.508 e. The van der Waals surface area contributed by atoms with Crippen molar-refractivity contribution in [2.75, 3.05) is 26.2 Å². The van der Waals surface area contributed by atoms with Crippen LogP contribution in [0.1, 0.15) is 56.1 Å². The van der Waals surface area contributed by atoms with Crippen LogP contribution in [0.2, 0.25) is 0 Å². The lowest BCUT2D eigenvalue weighted by Crippen LogP contribution is -2.74. The van der Waals surface area contributed by atoms with Gasteiger partial charge in [-0.1, -0.05) is 6.07 Å². The van der Waals surface area contributed by atoms with Crippen molar-refractivity contribution in [3.8, 4) is 5.75 Å². The van der Waals surface area contributed by atoms with E-state index in [0.29, 0.717) is 18.3 Å². The predicted octanol–water partition coefficient (Wildman–Crippen LogP) is 3.11. The van der Waals surface area contributed by atoms with Gasteiger partial charge in [-0.15, -0.1) is 0 Å². The van der Waals surface area contributed by atoms with Crippen molar-refractivity contribution in [1.82, 2.24) is 10.2 Å². The van der Waals surface area contributed by atoms with Crippen molar-refractivity contribution in [1.29, 1.82) is 0 Å². The minimum absolute atomic E-state index is 0.143. The molecule has 3 aliphatic carbocycles. The monoisotopic (exact) mass is 769 g/mol. The number of aromatic hydroxyl groups is 1. The number of carboxylic acids is 3. The number of phenolic OH excluding ortho intramolecular Hbond substituents is 1. The Morgan fingerprint density at radius 2 is 1.40 bits per heavy atom. The number of nitrogens with two attached hydrogens (primary N) is 2. The van der Waals surface area contributed by atoms with Gasteiger partial charge >= 0.3 is 36.4 Å². The Labute approximate surface area is 290 Å². The van der Waals surface area contributed by atoms with E-state index in [9.17, 15) is 49.7 Å². The fourth-order valence-electron chi connectivity index (χ4n) is 6.72. The summed E-state index contributed by atoms with van der Waals surface area (Å²) in [6.07, 6.45) is -7.16. The lowest BCUT2D eigenvalue weighted by atomic mass is 9.49. The Morgan fingerprint density at radius 1 is 0.885 bits per heavy atom. The van der Waals surface area contributed by atoms with Crippen molar-refractivity contribution < 1.29 is 79.4 Å². The van der Waals surface area contributed by atoms with Crippen molar-refractivity contribution >= 4 is 23.9 Å². The second-order valence-electron chi connectivity index (χ2n) is 12.7. The molecule has 0 radical (unpaired) electrons. The first kappa shape index (κ1) is 44.1. The molecule has 0 amide bonds. The molecule has 0 aromatic heterocycles. The Balaban J connectivity index is 0.000000365. The largest absolute Gasteiger partial charge is 0.508 e. The summed E-state index contributed by atoms with van der Waals surface area (Å²) in [6, 6.07) is 6.37. The highest BCUT2D eigenvalue weighted by atomic mass is 19.4. The molecule has 10 N–H and O–H groups in total. The third-order valence-corrected chi connectivity index (χ3v) is 9.12. The standard InChI is InChI=1S/C24H37N5O2.3C2HF3O2/c25-22(26)28-10-1-9-27-18-6-7-24(31)21-12-17-4-5-19(30)13-20(17)23(24,14-18)8-11-29(21)15-16-2-3-16;3*3-2(4,5)1(6)7/h4-5,13,16,18,21,27,30-31H,1-3,6-12,14-15H2,(H4,25,26,28);3*(H,6,7)/t18-,21-,23-,24-;;;/m1.../s1. The molecular formula is C30H40F9N5O8. The number of aliphatic hydroxyl groups is 1. The van der Waals surface area contributed by atoms with Crippen LogP contribution >= 0.6 is 0 Å². The smallest absolute Gasteiger partial charge is 0.490 e. The van der Waals surface area contributed by atoms with Crippen LogP contribution in [0.15, 0.2) is 23.2 Å². The topological polar surface area (TPSA) is 232 Å². The van der Waals surface area contributed by atoms with Gasteiger partial charge in [-0.3, -0.25) is 9.89 Å². The third-order valence-electron chi connectivity index (χ3n) is 9.12. The van der Waals surface area contributed by atoms with Crippen LogP contribution in [0.4, 0.5) is 39.5 Å². The van der Waals surface area contributed by atoms with Gasteiger partial charge in [-0.25, -0.2) is 14.4 Å². The van der Waals surface area contributed by atoms with Gasteiger partial charge in [0, 0.05) is 30.6 Å². The lowest BCUT2D eigenvalue weighted by molar-refractivity contribution is -0.193. The van der Waals surface area contributed by atoms with Crippen molar-refractivity contribution in [2.45, 2.75) is 93.0 Å². The number of alkyl halides is 9. The number of likely N-dealkylation sites (tertiary alicyclic amines) is 1. The molecule has 2 bridgehead atoms. The number of nitrogens with one attached hydrogen (secondary N) is 1. The number of hydrogen-bond donors (Lipinski definition) is 8. The number of benzene rings is 1. The minimum atomic E-state index is -5.08. The first-order valence-corrected chi connectivity index (χ1v) is 15.7. The number of carbonyl (C=O) groups is 3. The first-order valence-electron chi connectivity index (χ1n) is 15.7. The highest BCUT2D eigenvalue weighted by Crippen LogP contribution is 2.58.